The summed E-state index contributed by atoms with van der Waals surface area (Å²) in [6.45, 7) is 4.53. The highest BCUT2D eigenvalue weighted by molar-refractivity contribution is 5.76. The van der Waals surface area contributed by atoms with Crippen molar-refractivity contribution in [1.82, 2.24) is 20.1 Å². The number of carbonyl (C=O) groups excluding carboxylic acids is 1. The molecule has 1 amide bonds. The van der Waals surface area contributed by atoms with Gasteiger partial charge in [-0.1, -0.05) is 18.2 Å². The quantitative estimate of drug-likeness (QED) is 0.687. The van der Waals surface area contributed by atoms with Crippen LogP contribution in [-0.2, 0) is 17.8 Å². The third kappa shape index (κ3) is 4.97. The Kier molecular flexibility index (Phi) is 6.09. The molecule has 0 fully saturated rings. The van der Waals surface area contributed by atoms with Gasteiger partial charge in [0.2, 0.25) is 5.91 Å². The number of hydrogen-bond acceptors (Lipinski definition) is 4. The molecule has 0 aliphatic carbocycles. The molecule has 146 valence electrons. The normalized spacial score (nSPS) is 10.7. The molecule has 1 aromatic carbocycles. The lowest BCUT2D eigenvalue weighted by Crippen LogP contribution is -2.23. The minimum Gasteiger partial charge on any atom is -0.363 e. The van der Waals surface area contributed by atoms with Gasteiger partial charge in [-0.05, 0) is 55.7 Å². The van der Waals surface area contributed by atoms with Crippen LogP contribution in [0.15, 0.2) is 48.7 Å². The van der Waals surface area contributed by atoms with E-state index < -0.39 is 0 Å². The first kappa shape index (κ1) is 19.6. The van der Waals surface area contributed by atoms with Crippen LogP contribution < -0.4 is 10.2 Å². The Balaban J connectivity index is 1.48. The lowest BCUT2D eigenvalue weighted by Gasteiger charge is -2.11. The third-order valence-electron chi connectivity index (χ3n) is 4.59. The number of aryl methyl sites for hydroxylation is 3. The molecule has 28 heavy (non-hydrogen) atoms. The third-order valence-corrected chi connectivity index (χ3v) is 4.59. The first-order chi connectivity index (χ1) is 13.4. The van der Waals surface area contributed by atoms with E-state index in [1.54, 1.807) is 6.20 Å². The van der Waals surface area contributed by atoms with E-state index in [2.05, 4.69) is 33.6 Å². The van der Waals surface area contributed by atoms with Crippen LogP contribution in [0.4, 0.5) is 5.82 Å². The largest absolute Gasteiger partial charge is 0.363 e. The lowest BCUT2D eigenvalue weighted by molar-refractivity contribution is -0.121. The van der Waals surface area contributed by atoms with Gasteiger partial charge in [0, 0.05) is 39.0 Å². The summed E-state index contributed by atoms with van der Waals surface area (Å²) in [4.78, 5) is 18.5. The maximum atomic E-state index is 12.1. The van der Waals surface area contributed by atoms with Crippen molar-refractivity contribution in [3.8, 4) is 5.69 Å². The van der Waals surface area contributed by atoms with E-state index in [0.29, 0.717) is 19.4 Å². The van der Waals surface area contributed by atoms with Gasteiger partial charge in [0.05, 0.1) is 11.4 Å². The van der Waals surface area contributed by atoms with Crippen molar-refractivity contribution >= 4 is 11.7 Å². The zero-order chi connectivity index (χ0) is 20.1. The van der Waals surface area contributed by atoms with E-state index in [-0.39, 0.29) is 5.91 Å². The number of amides is 1. The maximum Gasteiger partial charge on any atom is 0.220 e. The number of pyridine rings is 1. The first-order valence-corrected chi connectivity index (χ1v) is 9.44. The average molecular weight is 377 g/mol. The smallest absolute Gasteiger partial charge is 0.220 e. The highest BCUT2D eigenvalue weighted by Gasteiger charge is 2.06. The number of carbonyl (C=O) groups is 1. The Morgan fingerprint density at radius 2 is 1.79 bits per heavy atom. The van der Waals surface area contributed by atoms with Gasteiger partial charge in [-0.3, -0.25) is 4.79 Å². The second kappa shape index (κ2) is 8.69. The summed E-state index contributed by atoms with van der Waals surface area (Å²) >= 11 is 0. The van der Waals surface area contributed by atoms with Crippen LogP contribution in [0.25, 0.3) is 5.69 Å². The molecule has 6 nitrogen and oxygen atoms in total. The predicted octanol–water partition coefficient (Wildman–Crippen LogP) is 3.20. The summed E-state index contributed by atoms with van der Waals surface area (Å²) in [5, 5.41) is 7.46. The van der Waals surface area contributed by atoms with E-state index >= 15 is 0 Å². The van der Waals surface area contributed by atoms with E-state index in [1.165, 1.54) is 0 Å². The topological polar surface area (TPSA) is 63.1 Å². The molecule has 0 aliphatic rings. The number of nitrogens with one attached hydrogen (secondary N) is 1. The van der Waals surface area contributed by atoms with Gasteiger partial charge >= 0.3 is 0 Å². The molecule has 0 atom stereocenters. The van der Waals surface area contributed by atoms with Crippen LogP contribution in [0.3, 0.4) is 0 Å². The minimum atomic E-state index is 0.0410. The SMILES string of the molecule is Cc1cc(C)n(-c2ccc(CCC(=O)NCc3ccc(N(C)C)nc3)cc2)n1. The van der Waals surface area contributed by atoms with Crippen LogP contribution >= 0.6 is 0 Å². The molecule has 0 saturated carbocycles. The summed E-state index contributed by atoms with van der Waals surface area (Å²) in [5.74, 6) is 0.943. The average Bonchev–Trinajstić information content (AvgIpc) is 3.03. The van der Waals surface area contributed by atoms with Crippen molar-refractivity contribution in [3.63, 3.8) is 0 Å². The number of hydrogen-bond donors (Lipinski definition) is 1. The number of rotatable bonds is 7. The van der Waals surface area contributed by atoms with Gasteiger partial charge in [0.1, 0.15) is 5.82 Å². The summed E-state index contributed by atoms with van der Waals surface area (Å²) in [5.41, 5.74) is 5.28. The van der Waals surface area contributed by atoms with Crippen molar-refractivity contribution in [2.75, 3.05) is 19.0 Å². The monoisotopic (exact) mass is 377 g/mol. The Morgan fingerprint density at radius 1 is 1.07 bits per heavy atom. The molecule has 2 heterocycles. The van der Waals surface area contributed by atoms with E-state index in [0.717, 1.165) is 34.0 Å². The summed E-state index contributed by atoms with van der Waals surface area (Å²) < 4.78 is 1.93. The Labute approximate surface area is 166 Å². The molecule has 3 rings (SSSR count). The molecule has 6 heteroatoms. The standard InChI is InChI=1S/C22H27N5O/c1-16-13-17(2)27(25-16)20-9-5-18(6-10-20)8-12-22(28)24-15-19-7-11-21(23-14-19)26(3)4/h5-7,9-11,13-14H,8,12,15H2,1-4H3,(H,24,28). The van der Waals surface area contributed by atoms with Gasteiger partial charge in [0.25, 0.3) is 0 Å². The number of nitrogens with zero attached hydrogens (tertiary/aromatic N) is 4. The molecular weight excluding hydrogens is 350 g/mol. The van der Waals surface area contributed by atoms with Gasteiger partial charge in [-0.15, -0.1) is 0 Å². The molecule has 0 unspecified atom stereocenters. The molecule has 1 N–H and O–H groups in total. The van der Waals surface area contributed by atoms with Gasteiger partial charge in [-0.2, -0.15) is 5.10 Å². The Hall–Kier alpha value is -3.15. The summed E-state index contributed by atoms with van der Waals surface area (Å²) in [6, 6.07) is 14.2. The van der Waals surface area contributed by atoms with Crippen LogP contribution in [-0.4, -0.2) is 34.8 Å². The van der Waals surface area contributed by atoms with Crippen molar-refractivity contribution in [2.24, 2.45) is 0 Å². The van der Waals surface area contributed by atoms with Gasteiger partial charge in [-0.25, -0.2) is 9.67 Å². The van der Waals surface area contributed by atoms with E-state index in [4.69, 9.17) is 0 Å². The molecule has 2 aromatic heterocycles. The molecule has 0 aliphatic heterocycles. The van der Waals surface area contributed by atoms with Crippen LogP contribution in [0, 0.1) is 13.8 Å². The molecule has 0 saturated heterocycles. The molecule has 0 bridgehead atoms. The maximum absolute atomic E-state index is 12.1. The van der Waals surface area contributed by atoms with Crippen molar-refractivity contribution in [1.29, 1.82) is 0 Å². The number of benzene rings is 1. The second-order valence-electron chi connectivity index (χ2n) is 7.20. The molecule has 3 aromatic rings. The van der Waals surface area contributed by atoms with Crippen molar-refractivity contribution < 1.29 is 4.79 Å². The Bertz CT molecular complexity index is 927. The van der Waals surface area contributed by atoms with Gasteiger partial charge in [0.15, 0.2) is 0 Å². The summed E-state index contributed by atoms with van der Waals surface area (Å²) in [7, 11) is 3.90. The van der Waals surface area contributed by atoms with E-state index in [9.17, 15) is 4.79 Å². The highest BCUT2D eigenvalue weighted by Crippen LogP contribution is 2.14. The number of anilines is 1. The Morgan fingerprint density at radius 3 is 2.36 bits per heavy atom. The van der Waals surface area contributed by atoms with Crippen molar-refractivity contribution in [3.05, 3.63) is 71.2 Å². The van der Waals surface area contributed by atoms with Crippen LogP contribution in [0.2, 0.25) is 0 Å². The molecular formula is C22H27N5O. The molecule has 0 spiro atoms. The molecule has 0 radical (unpaired) electrons. The van der Waals surface area contributed by atoms with Gasteiger partial charge < -0.3 is 10.2 Å². The van der Waals surface area contributed by atoms with E-state index in [1.807, 2.05) is 61.8 Å². The first-order valence-electron chi connectivity index (χ1n) is 9.44. The minimum absolute atomic E-state index is 0.0410. The van der Waals surface area contributed by atoms with Crippen LogP contribution in [0.1, 0.15) is 28.9 Å². The van der Waals surface area contributed by atoms with Crippen molar-refractivity contribution in [2.45, 2.75) is 33.2 Å². The fourth-order valence-electron chi connectivity index (χ4n) is 3.03. The number of aromatic nitrogens is 3. The zero-order valence-electron chi connectivity index (χ0n) is 16.9. The highest BCUT2D eigenvalue weighted by atomic mass is 16.1. The zero-order valence-corrected chi connectivity index (χ0v) is 16.9. The summed E-state index contributed by atoms with van der Waals surface area (Å²) in [6.07, 6.45) is 2.97. The fourth-order valence-corrected chi connectivity index (χ4v) is 3.03. The van der Waals surface area contributed by atoms with Crippen LogP contribution in [0.5, 0.6) is 0 Å². The lowest BCUT2D eigenvalue weighted by atomic mass is 10.1. The second-order valence-corrected chi connectivity index (χ2v) is 7.20. The fraction of sp³-hybridized carbons (Fsp3) is 0.318. The predicted molar refractivity (Wildman–Crippen MR) is 112 cm³/mol.